The van der Waals surface area contributed by atoms with Crippen LogP contribution in [-0.2, 0) is 0 Å². The number of para-hydroxylation sites is 2. The van der Waals surface area contributed by atoms with Crippen molar-refractivity contribution in [2.45, 2.75) is 44.6 Å². The lowest BCUT2D eigenvalue weighted by molar-refractivity contribution is 0.103. The third-order valence-electron chi connectivity index (χ3n) is 5.14. The molecule has 0 spiro atoms. The second-order valence-corrected chi connectivity index (χ2v) is 7.22. The van der Waals surface area contributed by atoms with Crippen LogP contribution in [0.25, 0.3) is 0 Å². The molecule has 1 unspecified atom stereocenters. The van der Waals surface area contributed by atoms with E-state index in [0.717, 1.165) is 41.8 Å². The zero-order valence-corrected chi connectivity index (χ0v) is 15.9. The van der Waals surface area contributed by atoms with Crippen LogP contribution < -0.4 is 11.1 Å². The van der Waals surface area contributed by atoms with E-state index < -0.39 is 0 Å². The number of nitrogens with two attached hydrogens (primary N) is 1. The summed E-state index contributed by atoms with van der Waals surface area (Å²) in [7, 11) is 0. The molecule has 2 aromatic carbocycles. The van der Waals surface area contributed by atoms with Gasteiger partial charge in [0.2, 0.25) is 0 Å². The quantitative estimate of drug-likeness (QED) is 0.357. The topological polar surface area (TPSA) is 55.1 Å². The van der Waals surface area contributed by atoms with Crippen LogP contribution in [0.15, 0.2) is 78.4 Å². The average Bonchev–Trinajstić information content (AvgIpc) is 2.71. The molecule has 2 aromatic rings. The van der Waals surface area contributed by atoms with Crippen molar-refractivity contribution >= 4 is 17.2 Å². The number of rotatable bonds is 8. The maximum atomic E-state index is 12.7. The van der Waals surface area contributed by atoms with Crippen molar-refractivity contribution in [2.24, 2.45) is 0 Å². The highest BCUT2D eigenvalue weighted by atomic mass is 16.1. The summed E-state index contributed by atoms with van der Waals surface area (Å²) in [4.78, 5) is 12.7. The van der Waals surface area contributed by atoms with Gasteiger partial charge in [-0.2, -0.15) is 0 Å². The van der Waals surface area contributed by atoms with E-state index in [1.54, 1.807) is 0 Å². The summed E-state index contributed by atoms with van der Waals surface area (Å²) in [6.07, 6.45) is 11.5. The van der Waals surface area contributed by atoms with Crippen LogP contribution in [0, 0.1) is 0 Å². The first-order valence-electron chi connectivity index (χ1n) is 9.75. The van der Waals surface area contributed by atoms with E-state index in [9.17, 15) is 4.79 Å². The Labute approximate surface area is 162 Å². The Morgan fingerprint density at radius 3 is 2.48 bits per heavy atom. The predicted octanol–water partition coefficient (Wildman–Crippen LogP) is 5.77. The molecule has 0 saturated carbocycles. The lowest BCUT2D eigenvalue weighted by atomic mass is 9.82. The number of ketones is 1. The fourth-order valence-electron chi connectivity index (χ4n) is 3.51. The molecule has 1 atom stereocenters. The average molecular weight is 361 g/mol. The van der Waals surface area contributed by atoms with E-state index in [0.29, 0.717) is 0 Å². The maximum Gasteiger partial charge on any atom is 0.192 e. The highest BCUT2D eigenvalue weighted by Crippen LogP contribution is 2.33. The number of carbonyl (C=O) groups excluding carboxylic acids is 1. The van der Waals surface area contributed by atoms with Gasteiger partial charge in [0, 0.05) is 11.1 Å². The summed E-state index contributed by atoms with van der Waals surface area (Å²) in [6.45, 7) is 2.21. The normalized spacial score (nSPS) is 18.8. The molecule has 3 N–H and O–H groups in total. The van der Waals surface area contributed by atoms with E-state index >= 15 is 0 Å². The maximum absolute atomic E-state index is 12.7. The van der Waals surface area contributed by atoms with Crippen molar-refractivity contribution in [1.29, 1.82) is 0 Å². The molecule has 0 aliphatic heterocycles. The van der Waals surface area contributed by atoms with Crippen LogP contribution >= 0.6 is 0 Å². The van der Waals surface area contributed by atoms with E-state index in [-0.39, 0.29) is 11.3 Å². The van der Waals surface area contributed by atoms with Crippen molar-refractivity contribution in [2.75, 3.05) is 11.1 Å². The third kappa shape index (κ3) is 4.68. The number of hydrogen-bond acceptors (Lipinski definition) is 3. The number of nitrogen functional groups attached to an aromatic ring is 1. The van der Waals surface area contributed by atoms with Crippen LogP contribution in [0.2, 0.25) is 0 Å². The number of hydrogen-bond donors (Lipinski definition) is 2. The standard InChI is InChI=1S/C24H28N2O/c1-2-3-9-16-24(26-22-13-8-7-12-21(22)25)17-14-20(15-18-24)23(27)19-10-5-4-6-11-19/h4-8,10-15,17,26H,2-3,9,16,18,25H2,1H3. The lowest BCUT2D eigenvalue weighted by Gasteiger charge is -2.35. The molecule has 3 rings (SSSR count). The summed E-state index contributed by atoms with van der Waals surface area (Å²) in [6, 6.07) is 17.3. The Balaban J connectivity index is 1.80. The van der Waals surface area contributed by atoms with Gasteiger partial charge in [-0.15, -0.1) is 0 Å². The minimum Gasteiger partial charge on any atom is -0.397 e. The third-order valence-corrected chi connectivity index (χ3v) is 5.14. The van der Waals surface area contributed by atoms with Crippen LogP contribution in [-0.4, -0.2) is 11.3 Å². The first-order valence-corrected chi connectivity index (χ1v) is 9.75. The molecule has 3 heteroatoms. The number of anilines is 2. The monoisotopic (exact) mass is 360 g/mol. The molecule has 140 valence electrons. The number of carbonyl (C=O) groups is 1. The zero-order valence-electron chi connectivity index (χ0n) is 15.9. The van der Waals surface area contributed by atoms with Crippen molar-refractivity contribution in [3.63, 3.8) is 0 Å². The summed E-state index contributed by atoms with van der Waals surface area (Å²) in [5.74, 6) is 0.0771. The molecule has 0 aromatic heterocycles. The summed E-state index contributed by atoms with van der Waals surface area (Å²) in [5, 5.41) is 3.65. The molecule has 27 heavy (non-hydrogen) atoms. The number of allylic oxidation sites excluding steroid dienone is 2. The molecular weight excluding hydrogens is 332 g/mol. The highest BCUT2D eigenvalue weighted by Gasteiger charge is 2.29. The molecule has 0 amide bonds. The van der Waals surface area contributed by atoms with Gasteiger partial charge in [-0.05, 0) is 25.0 Å². The van der Waals surface area contributed by atoms with Crippen LogP contribution in [0.3, 0.4) is 0 Å². The lowest BCUT2D eigenvalue weighted by Crippen LogP contribution is -2.37. The van der Waals surface area contributed by atoms with E-state index in [4.69, 9.17) is 5.73 Å². The Morgan fingerprint density at radius 1 is 1.07 bits per heavy atom. The SMILES string of the molecule is CCCCCC1(Nc2ccccc2N)C=CC(C(=O)c2ccccc2)=CC1. The van der Waals surface area contributed by atoms with E-state index in [1.807, 2.05) is 60.7 Å². The fourth-order valence-corrected chi connectivity index (χ4v) is 3.51. The van der Waals surface area contributed by atoms with Crippen LogP contribution in [0.5, 0.6) is 0 Å². The van der Waals surface area contributed by atoms with Gasteiger partial charge < -0.3 is 11.1 Å². The van der Waals surface area contributed by atoms with Gasteiger partial charge in [-0.1, -0.05) is 86.9 Å². The van der Waals surface area contributed by atoms with Crippen molar-refractivity contribution < 1.29 is 4.79 Å². The smallest absolute Gasteiger partial charge is 0.192 e. The van der Waals surface area contributed by atoms with Crippen molar-refractivity contribution in [3.8, 4) is 0 Å². The number of nitrogens with one attached hydrogen (secondary N) is 1. The second kappa shape index (κ2) is 8.72. The Bertz CT molecular complexity index is 838. The number of unbranched alkanes of at least 4 members (excludes halogenated alkanes) is 2. The van der Waals surface area contributed by atoms with Crippen LogP contribution in [0.1, 0.15) is 49.4 Å². The van der Waals surface area contributed by atoms with Crippen LogP contribution in [0.4, 0.5) is 11.4 Å². The summed E-state index contributed by atoms with van der Waals surface area (Å²) >= 11 is 0. The van der Waals surface area contributed by atoms with E-state index in [1.165, 1.54) is 12.8 Å². The minimum absolute atomic E-state index is 0.0771. The molecule has 0 heterocycles. The largest absolute Gasteiger partial charge is 0.397 e. The van der Waals surface area contributed by atoms with E-state index in [2.05, 4.69) is 24.4 Å². The summed E-state index contributed by atoms with van der Waals surface area (Å²) in [5.41, 5.74) is 9.13. The Kier molecular flexibility index (Phi) is 6.12. The molecule has 1 aliphatic rings. The summed E-state index contributed by atoms with van der Waals surface area (Å²) < 4.78 is 0. The van der Waals surface area contributed by atoms with Crippen molar-refractivity contribution in [3.05, 3.63) is 84.0 Å². The zero-order chi connectivity index (χ0) is 19.1. The van der Waals surface area contributed by atoms with Gasteiger partial charge in [0.05, 0.1) is 16.9 Å². The second-order valence-electron chi connectivity index (χ2n) is 7.22. The number of benzene rings is 2. The van der Waals surface area contributed by atoms with Gasteiger partial charge in [-0.25, -0.2) is 0 Å². The van der Waals surface area contributed by atoms with Gasteiger partial charge in [0.15, 0.2) is 5.78 Å². The fraction of sp³-hybridized carbons (Fsp3) is 0.292. The Hall–Kier alpha value is -2.81. The molecular formula is C24H28N2O. The Morgan fingerprint density at radius 2 is 1.81 bits per heavy atom. The predicted molar refractivity (Wildman–Crippen MR) is 114 cm³/mol. The molecule has 1 aliphatic carbocycles. The first kappa shape index (κ1) is 19.0. The molecule has 3 nitrogen and oxygen atoms in total. The molecule has 0 radical (unpaired) electrons. The van der Waals surface area contributed by atoms with Crippen molar-refractivity contribution in [1.82, 2.24) is 0 Å². The van der Waals surface area contributed by atoms with Gasteiger partial charge in [0.25, 0.3) is 0 Å². The highest BCUT2D eigenvalue weighted by molar-refractivity contribution is 6.10. The minimum atomic E-state index is -0.203. The molecule has 0 bridgehead atoms. The number of Topliss-reactive ketones (excluding diaryl/α,β-unsaturated/α-hetero) is 1. The molecule has 0 fully saturated rings. The van der Waals surface area contributed by atoms with Gasteiger partial charge in [0.1, 0.15) is 0 Å². The van der Waals surface area contributed by atoms with Gasteiger partial charge in [-0.3, -0.25) is 4.79 Å². The first-order chi connectivity index (χ1) is 13.1. The van der Waals surface area contributed by atoms with Gasteiger partial charge >= 0.3 is 0 Å². The molecule has 0 saturated heterocycles.